The lowest BCUT2D eigenvalue weighted by Crippen LogP contribution is -2.06. The Morgan fingerprint density at radius 2 is 2.26 bits per heavy atom. The maximum atomic E-state index is 11.9. The summed E-state index contributed by atoms with van der Waals surface area (Å²) in [5, 5.41) is 0. The number of nitrogens with zero attached hydrogens (tertiary/aromatic N) is 1. The molecule has 0 saturated carbocycles. The maximum Gasteiger partial charge on any atom is 0.350 e. The molecule has 0 fully saturated rings. The van der Waals surface area contributed by atoms with E-state index in [4.69, 9.17) is 10.5 Å². The van der Waals surface area contributed by atoms with Crippen LogP contribution in [0.15, 0.2) is 11.7 Å². The van der Waals surface area contributed by atoms with Gasteiger partial charge in [-0.25, -0.2) is 4.79 Å². The highest BCUT2D eigenvalue weighted by Gasteiger charge is 2.24. The summed E-state index contributed by atoms with van der Waals surface area (Å²) in [6.45, 7) is 6.27. The van der Waals surface area contributed by atoms with E-state index in [0.29, 0.717) is 17.2 Å². The Kier molecular flexibility index (Phi) is 4.21. The van der Waals surface area contributed by atoms with E-state index < -0.39 is 0 Å². The Morgan fingerprint density at radius 1 is 1.53 bits per heavy atom. The second-order valence-electron chi connectivity index (χ2n) is 4.33. The Hall–Kier alpha value is -1.40. The maximum absolute atomic E-state index is 11.9. The number of carbonyl (C=O) groups is 1. The van der Waals surface area contributed by atoms with E-state index in [1.54, 1.807) is 30.0 Å². The third-order valence-corrected chi connectivity index (χ3v) is 4.83. The molecule has 0 bridgehead atoms. The van der Waals surface area contributed by atoms with Crippen LogP contribution in [0.2, 0.25) is 0 Å². The molecule has 6 heteroatoms. The molecule has 19 heavy (non-hydrogen) atoms. The van der Waals surface area contributed by atoms with Crippen molar-refractivity contribution in [3.63, 3.8) is 0 Å². The Bertz CT molecular complexity index is 574. The second-order valence-corrected chi connectivity index (χ2v) is 6.24. The summed E-state index contributed by atoms with van der Waals surface area (Å²) < 4.78 is 5.05. The van der Waals surface area contributed by atoms with Gasteiger partial charge in [-0.15, -0.1) is 22.7 Å². The fourth-order valence-corrected chi connectivity index (χ4v) is 3.91. The lowest BCUT2D eigenvalue weighted by molar-refractivity contribution is 0.0533. The van der Waals surface area contributed by atoms with Crippen molar-refractivity contribution in [2.24, 2.45) is 0 Å². The fourth-order valence-electron chi connectivity index (χ4n) is 1.89. The van der Waals surface area contributed by atoms with Crippen molar-refractivity contribution in [3.05, 3.63) is 22.1 Å². The molecule has 2 aromatic heterocycles. The van der Waals surface area contributed by atoms with Crippen LogP contribution < -0.4 is 5.73 Å². The van der Waals surface area contributed by atoms with Crippen molar-refractivity contribution in [2.75, 3.05) is 12.3 Å². The van der Waals surface area contributed by atoms with Crippen molar-refractivity contribution in [1.29, 1.82) is 0 Å². The van der Waals surface area contributed by atoms with Gasteiger partial charge in [0.1, 0.15) is 4.88 Å². The highest BCUT2D eigenvalue weighted by Crippen LogP contribution is 2.43. The molecule has 2 rings (SSSR count). The number of anilines is 1. The summed E-state index contributed by atoms with van der Waals surface area (Å²) in [7, 11) is 0. The number of carbonyl (C=O) groups excluding carboxylic acids is 1. The van der Waals surface area contributed by atoms with Crippen LogP contribution in [0.5, 0.6) is 0 Å². The highest BCUT2D eigenvalue weighted by molar-refractivity contribution is 7.22. The fraction of sp³-hybridized carbons (Fsp3) is 0.385. The van der Waals surface area contributed by atoms with Gasteiger partial charge in [0.15, 0.2) is 0 Å². The van der Waals surface area contributed by atoms with E-state index in [9.17, 15) is 4.79 Å². The molecule has 2 heterocycles. The number of aromatic nitrogens is 1. The van der Waals surface area contributed by atoms with E-state index in [0.717, 1.165) is 15.3 Å². The monoisotopic (exact) mass is 296 g/mol. The van der Waals surface area contributed by atoms with Gasteiger partial charge in [-0.05, 0) is 18.4 Å². The predicted molar refractivity (Wildman–Crippen MR) is 79.9 cm³/mol. The van der Waals surface area contributed by atoms with Gasteiger partial charge in [0.2, 0.25) is 0 Å². The number of hydrogen-bond donors (Lipinski definition) is 1. The molecule has 0 unspecified atom stereocenters. The van der Waals surface area contributed by atoms with E-state index in [1.807, 2.05) is 0 Å². The number of ether oxygens (including phenoxy) is 1. The summed E-state index contributed by atoms with van der Waals surface area (Å²) in [6.07, 6.45) is 1.80. The number of thiophene rings is 1. The van der Waals surface area contributed by atoms with Crippen LogP contribution in [0.3, 0.4) is 0 Å². The zero-order valence-electron chi connectivity index (χ0n) is 11.1. The largest absolute Gasteiger partial charge is 0.462 e. The summed E-state index contributed by atoms with van der Waals surface area (Å²) in [4.78, 5) is 18.6. The van der Waals surface area contributed by atoms with Crippen LogP contribution in [0.1, 0.15) is 41.9 Å². The summed E-state index contributed by atoms with van der Waals surface area (Å²) in [5.74, 6) is -0.0980. The molecular weight excluding hydrogens is 280 g/mol. The molecule has 0 saturated heterocycles. The van der Waals surface area contributed by atoms with E-state index in [-0.39, 0.29) is 11.9 Å². The molecule has 0 amide bonds. The molecule has 2 aromatic rings. The summed E-state index contributed by atoms with van der Waals surface area (Å²) in [5.41, 5.74) is 9.47. The van der Waals surface area contributed by atoms with Crippen molar-refractivity contribution >= 4 is 34.3 Å². The van der Waals surface area contributed by atoms with Gasteiger partial charge in [0, 0.05) is 6.20 Å². The van der Waals surface area contributed by atoms with Crippen molar-refractivity contribution in [2.45, 2.75) is 26.7 Å². The lowest BCUT2D eigenvalue weighted by Gasteiger charge is -2.07. The van der Waals surface area contributed by atoms with Gasteiger partial charge in [-0.3, -0.25) is 4.98 Å². The zero-order valence-corrected chi connectivity index (χ0v) is 12.7. The first-order valence-electron chi connectivity index (χ1n) is 6.04. The van der Waals surface area contributed by atoms with Crippen molar-refractivity contribution < 1.29 is 9.53 Å². The zero-order chi connectivity index (χ0) is 14.0. The number of hydrogen-bond acceptors (Lipinski definition) is 6. The molecule has 102 valence electrons. The van der Waals surface area contributed by atoms with Gasteiger partial charge in [-0.2, -0.15) is 0 Å². The first kappa shape index (κ1) is 14.0. The van der Waals surface area contributed by atoms with Crippen molar-refractivity contribution in [1.82, 2.24) is 4.98 Å². The SMILES string of the molecule is CCOC(=O)c1sc(-c2cncs2)c(C(C)C)c1N. The molecule has 4 nitrogen and oxygen atoms in total. The Balaban J connectivity index is 2.55. The van der Waals surface area contributed by atoms with Crippen LogP contribution in [0, 0.1) is 0 Å². The summed E-state index contributed by atoms with van der Waals surface area (Å²) >= 11 is 2.94. The quantitative estimate of drug-likeness (QED) is 0.873. The standard InChI is InChI=1S/C13H16N2O2S2/c1-4-17-13(16)12-10(14)9(7(2)3)11(19-12)8-5-15-6-18-8/h5-7H,4,14H2,1-3H3. The Labute approximate surface area is 120 Å². The third kappa shape index (κ3) is 2.64. The minimum absolute atomic E-state index is 0.247. The van der Waals surface area contributed by atoms with Gasteiger partial charge in [-0.1, -0.05) is 13.8 Å². The molecular formula is C13H16N2O2S2. The molecule has 0 aliphatic heterocycles. The van der Waals surface area contributed by atoms with Crippen LogP contribution in [-0.2, 0) is 4.74 Å². The van der Waals surface area contributed by atoms with Gasteiger partial charge in [0.05, 0.1) is 27.6 Å². The number of esters is 1. The number of thiazole rings is 1. The van der Waals surface area contributed by atoms with Crippen LogP contribution in [0.4, 0.5) is 5.69 Å². The smallest absolute Gasteiger partial charge is 0.350 e. The normalized spacial score (nSPS) is 10.9. The second kappa shape index (κ2) is 5.71. The minimum Gasteiger partial charge on any atom is -0.462 e. The third-order valence-electron chi connectivity index (χ3n) is 2.68. The van der Waals surface area contributed by atoms with Gasteiger partial charge < -0.3 is 10.5 Å². The average Bonchev–Trinajstić information content (AvgIpc) is 2.95. The van der Waals surface area contributed by atoms with Crippen LogP contribution in [-0.4, -0.2) is 17.6 Å². The molecule has 0 aliphatic rings. The first-order valence-corrected chi connectivity index (χ1v) is 7.74. The molecule has 0 radical (unpaired) electrons. The van der Waals surface area contributed by atoms with Gasteiger partial charge >= 0.3 is 5.97 Å². The Morgan fingerprint density at radius 3 is 2.79 bits per heavy atom. The lowest BCUT2D eigenvalue weighted by atomic mass is 10.0. The minimum atomic E-state index is -0.345. The van der Waals surface area contributed by atoms with Crippen molar-refractivity contribution in [3.8, 4) is 9.75 Å². The molecule has 0 aliphatic carbocycles. The number of nitrogen functional groups attached to an aromatic ring is 1. The predicted octanol–water partition coefficient (Wildman–Crippen LogP) is 3.75. The van der Waals surface area contributed by atoms with Crippen LogP contribution >= 0.6 is 22.7 Å². The number of nitrogens with two attached hydrogens (primary N) is 1. The van der Waals surface area contributed by atoms with E-state index >= 15 is 0 Å². The summed E-state index contributed by atoms with van der Waals surface area (Å²) in [6, 6.07) is 0. The molecule has 0 spiro atoms. The number of rotatable bonds is 4. The molecule has 0 aromatic carbocycles. The topological polar surface area (TPSA) is 65.2 Å². The van der Waals surface area contributed by atoms with Gasteiger partial charge in [0.25, 0.3) is 0 Å². The van der Waals surface area contributed by atoms with Crippen LogP contribution in [0.25, 0.3) is 9.75 Å². The molecule has 0 atom stereocenters. The van der Waals surface area contributed by atoms with E-state index in [2.05, 4.69) is 18.8 Å². The van der Waals surface area contributed by atoms with E-state index in [1.165, 1.54) is 11.3 Å². The molecule has 2 N–H and O–H groups in total. The first-order chi connectivity index (χ1) is 9.06. The highest BCUT2D eigenvalue weighted by atomic mass is 32.1. The average molecular weight is 296 g/mol.